The van der Waals surface area contributed by atoms with E-state index in [1.165, 1.54) is 5.56 Å². The molecule has 100 valence electrons. The molecule has 1 heterocycles. The molecule has 1 atom stereocenters. The Morgan fingerprint density at radius 3 is 2.44 bits per heavy atom. The van der Waals surface area contributed by atoms with Gasteiger partial charge in [0.1, 0.15) is 6.10 Å². The summed E-state index contributed by atoms with van der Waals surface area (Å²) >= 11 is 0. The fourth-order valence-electron chi connectivity index (χ4n) is 1.84. The molecule has 1 fully saturated rings. The summed E-state index contributed by atoms with van der Waals surface area (Å²) in [4.78, 5) is 0. The molecular formula is C15H23NO2. The Labute approximate surface area is 109 Å². The van der Waals surface area contributed by atoms with Crippen LogP contribution in [0.15, 0.2) is 30.3 Å². The molecular weight excluding hydrogens is 226 g/mol. The molecule has 3 nitrogen and oxygen atoms in total. The standard InChI is InChI=1S/C15H23NO2/c1-15(2,3)16-9-14(18-13-10-17-11-13)12-7-5-4-6-8-12/h4-8,13-14,16H,9-11H2,1-3H3. The molecule has 1 unspecified atom stereocenters. The molecule has 18 heavy (non-hydrogen) atoms. The normalized spacial score (nSPS) is 18.4. The van der Waals surface area contributed by atoms with Crippen LogP contribution in [-0.2, 0) is 9.47 Å². The van der Waals surface area contributed by atoms with E-state index < -0.39 is 0 Å². The second kappa shape index (κ2) is 5.83. The highest BCUT2D eigenvalue weighted by molar-refractivity contribution is 5.18. The summed E-state index contributed by atoms with van der Waals surface area (Å²) in [5.74, 6) is 0. The number of nitrogens with one attached hydrogen (secondary N) is 1. The minimum absolute atomic E-state index is 0.0966. The molecule has 0 aliphatic carbocycles. The third-order valence-corrected chi connectivity index (χ3v) is 2.95. The van der Waals surface area contributed by atoms with E-state index in [0.29, 0.717) is 0 Å². The number of ether oxygens (including phenoxy) is 2. The molecule has 0 radical (unpaired) electrons. The zero-order valence-corrected chi connectivity index (χ0v) is 11.5. The lowest BCUT2D eigenvalue weighted by atomic mass is 10.1. The van der Waals surface area contributed by atoms with Gasteiger partial charge in [0.2, 0.25) is 0 Å². The van der Waals surface area contributed by atoms with Gasteiger partial charge < -0.3 is 14.8 Å². The summed E-state index contributed by atoms with van der Waals surface area (Å²) in [5, 5.41) is 3.51. The molecule has 0 saturated carbocycles. The number of benzene rings is 1. The minimum atomic E-state index is 0.0966. The minimum Gasteiger partial charge on any atom is -0.376 e. The molecule has 0 spiro atoms. The SMILES string of the molecule is CC(C)(C)NCC(OC1COC1)c1ccccc1. The molecule has 1 aliphatic heterocycles. The summed E-state index contributed by atoms with van der Waals surface area (Å²) in [6, 6.07) is 10.4. The highest BCUT2D eigenvalue weighted by atomic mass is 16.6. The van der Waals surface area contributed by atoms with Gasteiger partial charge >= 0.3 is 0 Å². The Morgan fingerprint density at radius 1 is 1.28 bits per heavy atom. The molecule has 1 saturated heterocycles. The van der Waals surface area contributed by atoms with Crippen molar-refractivity contribution < 1.29 is 9.47 Å². The molecule has 1 aliphatic rings. The van der Waals surface area contributed by atoms with E-state index in [1.807, 2.05) is 6.07 Å². The third-order valence-electron chi connectivity index (χ3n) is 2.95. The van der Waals surface area contributed by atoms with E-state index >= 15 is 0 Å². The molecule has 0 aromatic heterocycles. The number of rotatable bonds is 5. The first kappa shape index (κ1) is 13.5. The fourth-order valence-corrected chi connectivity index (χ4v) is 1.84. The van der Waals surface area contributed by atoms with Crippen LogP contribution in [0.25, 0.3) is 0 Å². The zero-order chi connectivity index (χ0) is 13.0. The maximum Gasteiger partial charge on any atom is 0.105 e. The average Bonchev–Trinajstić information content (AvgIpc) is 2.26. The average molecular weight is 249 g/mol. The van der Waals surface area contributed by atoms with Crippen molar-refractivity contribution in [3.05, 3.63) is 35.9 Å². The van der Waals surface area contributed by atoms with Crippen LogP contribution < -0.4 is 5.32 Å². The Kier molecular flexibility index (Phi) is 4.38. The first-order valence-corrected chi connectivity index (χ1v) is 6.58. The Bertz CT molecular complexity index is 355. The smallest absolute Gasteiger partial charge is 0.105 e. The fraction of sp³-hybridized carbons (Fsp3) is 0.600. The maximum absolute atomic E-state index is 6.08. The largest absolute Gasteiger partial charge is 0.376 e. The molecule has 1 aromatic carbocycles. The van der Waals surface area contributed by atoms with Gasteiger partial charge in [-0.3, -0.25) is 0 Å². The van der Waals surface area contributed by atoms with Crippen molar-refractivity contribution in [2.24, 2.45) is 0 Å². The second-order valence-electron chi connectivity index (χ2n) is 5.83. The summed E-state index contributed by atoms with van der Waals surface area (Å²) in [7, 11) is 0. The number of hydrogen-bond donors (Lipinski definition) is 1. The van der Waals surface area contributed by atoms with Gasteiger partial charge in [0.25, 0.3) is 0 Å². The summed E-state index contributed by atoms with van der Waals surface area (Å²) in [5.41, 5.74) is 1.33. The molecule has 0 bridgehead atoms. The van der Waals surface area contributed by atoms with Crippen LogP contribution >= 0.6 is 0 Å². The zero-order valence-electron chi connectivity index (χ0n) is 11.5. The van der Waals surface area contributed by atoms with E-state index in [0.717, 1.165) is 19.8 Å². The summed E-state index contributed by atoms with van der Waals surface area (Å²) in [6.07, 6.45) is 0.344. The van der Waals surface area contributed by atoms with Crippen molar-refractivity contribution in [2.75, 3.05) is 19.8 Å². The Balaban J connectivity index is 1.98. The van der Waals surface area contributed by atoms with Crippen LogP contribution in [0.1, 0.15) is 32.4 Å². The second-order valence-corrected chi connectivity index (χ2v) is 5.83. The van der Waals surface area contributed by atoms with Crippen LogP contribution in [0, 0.1) is 0 Å². The lowest BCUT2D eigenvalue weighted by Crippen LogP contribution is -2.42. The lowest BCUT2D eigenvalue weighted by molar-refractivity contribution is -0.155. The summed E-state index contributed by atoms with van der Waals surface area (Å²) < 4.78 is 11.3. The lowest BCUT2D eigenvalue weighted by Gasteiger charge is -2.32. The van der Waals surface area contributed by atoms with Crippen LogP contribution in [0.4, 0.5) is 0 Å². The van der Waals surface area contributed by atoms with Gasteiger partial charge in [-0.1, -0.05) is 30.3 Å². The van der Waals surface area contributed by atoms with E-state index in [1.54, 1.807) is 0 Å². The summed E-state index contributed by atoms with van der Waals surface area (Å²) in [6.45, 7) is 8.77. The van der Waals surface area contributed by atoms with Crippen molar-refractivity contribution in [2.45, 2.75) is 38.5 Å². The van der Waals surface area contributed by atoms with Gasteiger partial charge in [-0.25, -0.2) is 0 Å². The van der Waals surface area contributed by atoms with Gasteiger partial charge in [0, 0.05) is 12.1 Å². The van der Waals surface area contributed by atoms with E-state index in [2.05, 4.69) is 50.4 Å². The van der Waals surface area contributed by atoms with Crippen LogP contribution in [0.5, 0.6) is 0 Å². The molecule has 0 amide bonds. The molecule has 2 rings (SSSR count). The van der Waals surface area contributed by atoms with Gasteiger partial charge in [0.05, 0.1) is 19.3 Å². The van der Waals surface area contributed by atoms with Gasteiger partial charge in [0.15, 0.2) is 0 Å². The van der Waals surface area contributed by atoms with E-state index in [-0.39, 0.29) is 17.7 Å². The first-order chi connectivity index (χ1) is 8.54. The van der Waals surface area contributed by atoms with Gasteiger partial charge in [-0.2, -0.15) is 0 Å². The van der Waals surface area contributed by atoms with Gasteiger partial charge in [-0.15, -0.1) is 0 Å². The Morgan fingerprint density at radius 2 is 1.94 bits per heavy atom. The molecule has 3 heteroatoms. The van der Waals surface area contributed by atoms with E-state index in [9.17, 15) is 0 Å². The van der Waals surface area contributed by atoms with Crippen molar-refractivity contribution in [3.63, 3.8) is 0 Å². The van der Waals surface area contributed by atoms with Crippen molar-refractivity contribution in [1.29, 1.82) is 0 Å². The predicted octanol–water partition coefficient (Wildman–Crippen LogP) is 2.53. The molecule has 1 N–H and O–H groups in total. The number of hydrogen-bond acceptors (Lipinski definition) is 3. The van der Waals surface area contributed by atoms with Crippen molar-refractivity contribution in [1.82, 2.24) is 5.32 Å². The maximum atomic E-state index is 6.08. The predicted molar refractivity (Wildman–Crippen MR) is 72.6 cm³/mol. The van der Waals surface area contributed by atoms with Gasteiger partial charge in [-0.05, 0) is 26.3 Å². The Hall–Kier alpha value is -0.900. The van der Waals surface area contributed by atoms with Crippen LogP contribution in [0.3, 0.4) is 0 Å². The highest BCUT2D eigenvalue weighted by Crippen LogP contribution is 2.22. The monoisotopic (exact) mass is 249 g/mol. The van der Waals surface area contributed by atoms with E-state index in [4.69, 9.17) is 9.47 Å². The topological polar surface area (TPSA) is 30.5 Å². The van der Waals surface area contributed by atoms with Crippen molar-refractivity contribution in [3.8, 4) is 0 Å². The first-order valence-electron chi connectivity index (χ1n) is 6.58. The third kappa shape index (κ3) is 4.09. The highest BCUT2D eigenvalue weighted by Gasteiger charge is 2.25. The van der Waals surface area contributed by atoms with Crippen LogP contribution in [0.2, 0.25) is 0 Å². The quantitative estimate of drug-likeness (QED) is 0.870. The van der Waals surface area contributed by atoms with Crippen LogP contribution in [-0.4, -0.2) is 31.4 Å². The molecule has 1 aromatic rings. The van der Waals surface area contributed by atoms with Crippen molar-refractivity contribution >= 4 is 0 Å².